The van der Waals surface area contributed by atoms with Gasteiger partial charge in [0.05, 0.1) is 6.61 Å². The van der Waals surface area contributed by atoms with Crippen LogP contribution in [0.1, 0.15) is 34.1 Å². The Labute approximate surface area is 108 Å². The number of likely N-dealkylation sites (tertiary alicyclic amines) is 1. The van der Waals surface area contributed by atoms with E-state index in [0.717, 1.165) is 5.57 Å². The first-order valence-electron chi connectivity index (χ1n) is 6.16. The Kier molecular flexibility index (Phi) is 4.76. The predicted octanol–water partition coefficient (Wildman–Crippen LogP) is 2.12. The zero-order valence-electron chi connectivity index (χ0n) is 11.5. The molecule has 1 fully saturated rings. The quantitative estimate of drug-likeness (QED) is 0.560. The number of carbonyl (C=O) groups excluding carboxylic acids is 2. The summed E-state index contributed by atoms with van der Waals surface area (Å²) in [5, 5.41) is 0. The molecule has 0 saturated carbocycles. The first-order chi connectivity index (χ1) is 8.31. The lowest BCUT2D eigenvalue weighted by Gasteiger charge is -2.23. The molecular weight excluding hydrogens is 234 g/mol. The van der Waals surface area contributed by atoms with Crippen molar-refractivity contribution in [1.29, 1.82) is 0 Å². The summed E-state index contributed by atoms with van der Waals surface area (Å²) in [7, 11) is 0. The van der Waals surface area contributed by atoms with Crippen molar-refractivity contribution in [2.24, 2.45) is 0 Å². The van der Waals surface area contributed by atoms with Gasteiger partial charge in [0.15, 0.2) is 0 Å². The molecule has 0 spiro atoms. The molecule has 0 radical (unpaired) electrons. The minimum atomic E-state index is -0.495. The molecule has 102 valence electrons. The Morgan fingerprint density at radius 1 is 1.39 bits per heavy atom. The van der Waals surface area contributed by atoms with Crippen LogP contribution in [0.25, 0.3) is 0 Å². The maximum atomic E-state index is 11.8. The van der Waals surface area contributed by atoms with Crippen molar-refractivity contribution in [2.45, 2.75) is 39.7 Å². The van der Waals surface area contributed by atoms with Crippen LogP contribution in [0, 0.1) is 0 Å². The standard InChI is InChI=1S/C13H21NO4/c1-5-17-11(15)8-10-6-7-14(9-10)12(16)18-13(2,3)4/h8H,5-7,9H2,1-4H3. The average molecular weight is 255 g/mol. The van der Waals surface area contributed by atoms with Crippen molar-refractivity contribution in [3.63, 3.8) is 0 Å². The minimum Gasteiger partial charge on any atom is -0.463 e. The zero-order valence-corrected chi connectivity index (χ0v) is 11.5. The summed E-state index contributed by atoms with van der Waals surface area (Å²) in [5.41, 5.74) is 0.407. The Bertz CT molecular complexity index is 354. The molecule has 18 heavy (non-hydrogen) atoms. The first kappa shape index (κ1) is 14.5. The highest BCUT2D eigenvalue weighted by Crippen LogP contribution is 2.18. The van der Waals surface area contributed by atoms with Gasteiger partial charge < -0.3 is 14.4 Å². The number of hydrogen-bond donors (Lipinski definition) is 0. The number of esters is 1. The maximum absolute atomic E-state index is 11.8. The van der Waals surface area contributed by atoms with Crippen LogP contribution >= 0.6 is 0 Å². The number of amides is 1. The van der Waals surface area contributed by atoms with Gasteiger partial charge in [0.1, 0.15) is 5.60 Å². The number of carbonyl (C=O) groups is 2. The van der Waals surface area contributed by atoms with Crippen LogP contribution in [0.2, 0.25) is 0 Å². The molecule has 1 saturated heterocycles. The van der Waals surface area contributed by atoms with Crippen LogP contribution in [0.4, 0.5) is 4.79 Å². The Hall–Kier alpha value is -1.52. The van der Waals surface area contributed by atoms with Gasteiger partial charge in [0, 0.05) is 19.2 Å². The molecule has 0 bridgehead atoms. The third-order valence-corrected chi connectivity index (χ3v) is 2.36. The molecular formula is C13H21NO4. The molecule has 1 heterocycles. The fourth-order valence-corrected chi connectivity index (χ4v) is 1.63. The zero-order chi connectivity index (χ0) is 13.8. The summed E-state index contributed by atoms with van der Waals surface area (Å²) < 4.78 is 10.1. The van der Waals surface area contributed by atoms with Crippen LogP contribution in [-0.4, -0.2) is 42.3 Å². The lowest BCUT2D eigenvalue weighted by molar-refractivity contribution is -0.137. The van der Waals surface area contributed by atoms with Crippen molar-refractivity contribution >= 4 is 12.1 Å². The van der Waals surface area contributed by atoms with Crippen molar-refractivity contribution < 1.29 is 19.1 Å². The van der Waals surface area contributed by atoms with E-state index in [1.54, 1.807) is 11.8 Å². The van der Waals surface area contributed by atoms with E-state index in [2.05, 4.69) is 0 Å². The molecule has 5 nitrogen and oxygen atoms in total. The molecule has 0 atom stereocenters. The SMILES string of the molecule is CCOC(=O)C=C1CCN(C(=O)OC(C)(C)C)C1. The minimum absolute atomic E-state index is 0.338. The van der Waals surface area contributed by atoms with E-state index >= 15 is 0 Å². The molecule has 5 heteroatoms. The second-order valence-corrected chi connectivity index (χ2v) is 5.21. The van der Waals surface area contributed by atoms with E-state index in [-0.39, 0.29) is 12.1 Å². The van der Waals surface area contributed by atoms with Crippen molar-refractivity contribution in [2.75, 3.05) is 19.7 Å². The fourth-order valence-electron chi connectivity index (χ4n) is 1.63. The summed E-state index contributed by atoms with van der Waals surface area (Å²) in [4.78, 5) is 24.6. The third kappa shape index (κ3) is 4.77. The molecule has 1 rings (SSSR count). The van der Waals surface area contributed by atoms with Gasteiger partial charge in [-0.15, -0.1) is 0 Å². The predicted molar refractivity (Wildman–Crippen MR) is 67.1 cm³/mol. The molecule has 0 N–H and O–H groups in total. The highest BCUT2D eigenvalue weighted by atomic mass is 16.6. The number of rotatable bonds is 2. The maximum Gasteiger partial charge on any atom is 0.410 e. The van der Waals surface area contributed by atoms with Gasteiger partial charge in [0.2, 0.25) is 0 Å². The third-order valence-electron chi connectivity index (χ3n) is 2.36. The van der Waals surface area contributed by atoms with E-state index < -0.39 is 5.60 Å². The smallest absolute Gasteiger partial charge is 0.410 e. The van der Waals surface area contributed by atoms with E-state index in [0.29, 0.717) is 26.1 Å². The van der Waals surface area contributed by atoms with Gasteiger partial charge in [-0.25, -0.2) is 9.59 Å². The van der Waals surface area contributed by atoms with E-state index in [1.165, 1.54) is 6.08 Å². The van der Waals surface area contributed by atoms with E-state index in [4.69, 9.17) is 9.47 Å². The summed E-state index contributed by atoms with van der Waals surface area (Å²) in [6.07, 6.45) is 1.82. The van der Waals surface area contributed by atoms with E-state index in [1.807, 2.05) is 20.8 Å². The van der Waals surface area contributed by atoms with Crippen LogP contribution in [0.15, 0.2) is 11.6 Å². The van der Waals surface area contributed by atoms with E-state index in [9.17, 15) is 9.59 Å². The molecule has 0 aromatic heterocycles. The second-order valence-electron chi connectivity index (χ2n) is 5.21. The van der Waals surface area contributed by atoms with Crippen molar-refractivity contribution in [3.8, 4) is 0 Å². The number of ether oxygens (including phenoxy) is 2. The lowest BCUT2D eigenvalue weighted by Crippen LogP contribution is -2.34. The van der Waals surface area contributed by atoms with Gasteiger partial charge in [-0.2, -0.15) is 0 Å². The monoisotopic (exact) mass is 255 g/mol. The van der Waals surface area contributed by atoms with Gasteiger partial charge >= 0.3 is 12.1 Å². The Morgan fingerprint density at radius 2 is 2.06 bits per heavy atom. The summed E-state index contributed by atoms with van der Waals surface area (Å²) in [5.74, 6) is -0.349. The summed E-state index contributed by atoms with van der Waals surface area (Å²) in [6, 6.07) is 0. The molecule has 1 aliphatic rings. The lowest BCUT2D eigenvalue weighted by atomic mass is 10.2. The number of nitrogens with zero attached hydrogens (tertiary/aromatic N) is 1. The summed E-state index contributed by atoms with van der Waals surface area (Å²) in [6.45, 7) is 8.63. The normalized spacial score (nSPS) is 18.0. The second kappa shape index (κ2) is 5.89. The molecule has 0 aromatic carbocycles. The van der Waals surface area contributed by atoms with Crippen LogP contribution in [0.5, 0.6) is 0 Å². The van der Waals surface area contributed by atoms with Gasteiger partial charge in [0.25, 0.3) is 0 Å². The van der Waals surface area contributed by atoms with Gasteiger partial charge in [-0.05, 0) is 39.7 Å². The fraction of sp³-hybridized carbons (Fsp3) is 0.692. The van der Waals surface area contributed by atoms with Crippen LogP contribution < -0.4 is 0 Å². The summed E-state index contributed by atoms with van der Waals surface area (Å²) >= 11 is 0. The average Bonchev–Trinajstić information content (AvgIpc) is 2.63. The largest absolute Gasteiger partial charge is 0.463 e. The highest BCUT2D eigenvalue weighted by molar-refractivity contribution is 5.83. The van der Waals surface area contributed by atoms with Gasteiger partial charge in [-0.1, -0.05) is 0 Å². The van der Waals surface area contributed by atoms with Crippen LogP contribution in [-0.2, 0) is 14.3 Å². The molecule has 0 aromatic rings. The Balaban J connectivity index is 2.51. The first-order valence-corrected chi connectivity index (χ1v) is 6.16. The highest BCUT2D eigenvalue weighted by Gasteiger charge is 2.26. The van der Waals surface area contributed by atoms with Crippen LogP contribution in [0.3, 0.4) is 0 Å². The Morgan fingerprint density at radius 3 is 2.61 bits per heavy atom. The molecule has 1 aliphatic heterocycles. The number of hydrogen-bond acceptors (Lipinski definition) is 4. The van der Waals surface area contributed by atoms with Crippen molar-refractivity contribution in [1.82, 2.24) is 4.90 Å². The molecule has 1 amide bonds. The van der Waals surface area contributed by atoms with Gasteiger partial charge in [-0.3, -0.25) is 0 Å². The van der Waals surface area contributed by atoms with Crippen molar-refractivity contribution in [3.05, 3.63) is 11.6 Å². The topological polar surface area (TPSA) is 55.8 Å². The molecule has 0 aliphatic carbocycles. The molecule has 0 unspecified atom stereocenters.